The van der Waals surface area contributed by atoms with Gasteiger partial charge >= 0.3 is 12.1 Å². The average Bonchev–Trinajstić information content (AvgIpc) is 3.15. The van der Waals surface area contributed by atoms with Crippen LogP contribution in [-0.4, -0.2) is 42.6 Å². The van der Waals surface area contributed by atoms with Crippen molar-refractivity contribution >= 4 is 34.4 Å². The zero-order chi connectivity index (χ0) is 19.7. The molecule has 4 rings (SSSR count). The summed E-state index contributed by atoms with van der Waals surface area (Å²) >= 11 is 0. The highest BCUT2D eigenvalue weighted by Gasteiger charge is 2.24. The Kier molecular flexibility index (Phi) is 4.60. The summed E-state index contributed by atoms with van der Waals surface area (Å²) in [4.78, 5) is 26.6. The molecule has 1 aliphatic rings. The van der Waals surface area contributed by atoms with Gasteiger partial charge in [-0.15, -0.1) is 0 Å². The Morgan fingerprint density at radius 1 is 1.18 bits per heavy atom. The monoisotopic (exact) mass is 379 g/mol. The number of amides is 2. The van der Waals surface area contributed by atoms with Gasteiger partial charge in [-0.05, 0) is 30.2 Å². The molecule has 1 atom stereocenters. The lowest BCUT2D eigenvalue weighted by molar-refractivity contribution is 0.170. The first-order valence-corrected chi connectivity index (χ1v) is 9.01. The number of hydrogen-bond donors (Lipinski definition) is 2. The highest BCUT2D eigenvalue weighted by Crippen LogP contribution is 2.32. The molecule has 28 heavy (non-hydrogen) atoms. The van der Waals surface area contributed by atoms with E-state index in [-0.39, 0.29) is 12.1 Å². The van der Waals surface area contributed by atoms with E-state index in [0.717, 1.165) is 28.9 Å². The molecule has 2 aromatic carbocycles. The van der Waals surface area contributed by atoms with Crippen LogP contribution in [0.15, 0.2) is 48.7 Å². The summed E-state index contributed by atoms with van der Waals surface area (Å²) < 4.78 is 5.88. The molecule has 0 bridgehead atoms. The van der Waals surface area contributed by atoms with Gasteiger partial charge < -0.3 is 20.3 Å². The highest BCUT2D eigenvalue weighted by atomic mass is 16.5. The number of carbonyl (C=O) groups excluding carboxylic acids is 2. The van der Waals surface area contributed by atoms with Crippen LogP contribution in [0.5, 0.6) is 0 Å². The minimum Gasteiger partial charge on any atom is -0.451 e. The third-order valence-electron chi connectivity index (χ3n) is 4.99. The largest absolute Gasteiger partial charge is 0.451 e. The summed E-state index contributed by atoms with van der Waals surface area (Å²) in [5.74, 6) is 0. The molecule has 0 radical (unpaired) electrons. The maximum atomic E-state index is 12.7. The van der Waals surface area contributed by atoms with Crippen LogP contribution in [0, 0.1) is 0 Å². The summed E-state index contributed by atoms with van der Waals surface area (Å²) in [5, 5.41) is 10.6. The van der Waals surface area contributed by atoms with Gasteiger partial charge in [0.2, 0.25) is 0 Å². The van der Waals surface area contributed by atoms with Crippen LogP contribution in [-0.2, 0) is 4.74 Å². The van der Waals surface area contributed by atoms with Crippen molar-refractivity contribution in [1.29, 1.82) is 0 Å². The maximum absolute atomic E-state index is 12.7. The van der Waals surface area contributed by atoms with Crippen molar-refractivity contribution in [2.75, 3.05) is 30.9 Å². The fourth-order valence-corrected chi connectivity index (χ4v) is 3.59. The van der Waals surface area contributed by atoms with Gasteiger partial charge in [-0.3, -0.25) is 0 Å². The molecular formula is C20H21N5O3. The van der Waals surface area contributed by atoms with Crippen molar-refractivity contribution in [3.8, 4) is 0 Å². The van der Waals surface area contributed by atoms with E-state index in [1.807, 2.05) is 18.2 Å². The van der Waals surface area contributed by atoms with Crippen molar-refractivity contribution in [2.45, 2.75) is 12.5 Å². The molecule has 1 unspecified atom stereocenters. The van der Waals surface area contributed by atoms with Crippen LogP contribution in [0.25, 0.3) is 10.9 Å². The molecule has 2 amide bonds. The SMILES string of the molecule is COC(=O)n1ncc2c(NC(=O)NC3CCN(C)c4ccccc43)cccc21. The highest BCUT2D eigenvalue weighted by molar-refractivity contribution is 6.02. The van der Waals surface area contributed by atoms with Crippen LogP contribution < -0.4 is 15.5 Å². The standard InChI is InChI=1S/C20H21N5O3/c1-24-11-10-16(13-6-3-4-8-17(13)24)23-19(26)22-15-7-5-9-18-14(15)12-21-25(18)20(27)28-2/h3-9,12,16H,10-11H2,1-2H3,(H2,22,23,26). The van der Waals surface area contributed by atoms with Gasteiger partial charge in [-0.2, -0.15) is 9.78 Å². The molecule has 1 aromatic heterocycles. The second-order valence-electron chi connectivity index (χ2n) is 6.68. The lowest BCUT2D eigenvalue weighted by atomic mass is 9.97. The minimum atomic E-state index is -0.584. The molecular weight excluding hydrogens is 358 g/mol. The summed E-state index contributed by atoms with van der Waals surface area (Å²) in [5.41, 5.74) is 3.37. The number of urea groups is 1. The van der Waals surface area contributed by atoms with E-state index in [0.29, 0.717) is 16.6 Å². The number of carbonyl (C=O) groups is 2. The normalized spacial score (nSPS) is 15.8. The molecule has 8 heteroatoms. The van der Waals surface area contributed by atoms with Gasteiger partial charge in [0, 0.05) is 24.7 Å². The fourth-order valence-electron chi connectivity index (χ4n) is 3.59. The third kappa shape index (κ3) is 3.13. The number of nitrogens with zero attached hydrogens (tertiary/aromatic N) is 3. The van der Waals surface area contributed by atoms with Crippen LogP contribution in [0.1, 0.15) is 18.0 Å². The molecule has 0 saturated carbocycles. The van der Waals surface area contributed by atoms with Crippen LogP contribution in [0.3, 0.4) is 0 Å². The predicted octanol–water partition coefficient (Wildman–Crippen LogP) is 3.35. The van der Waals surface area contributed by atoms with E-state index in [1.165, 1.54) is 13.3 Å². The van der Waals surface area contributed by atoms with Gasteiger partial charge in [-0.25, -0.2) is 9.59 Å². The molecule has 0 saturated heterocycles. The number of anilines is 2. The number of benzene rings is 2. The molecule has 3 aromatic rings. The van der Waals surface area contributed by atoms with E-state index in [1.54, 1.807) is 18.2 Å². The van der Waals surface area contributed by atoms with Crippen molar-refractivity contribution in [1.82, 2.24) is 15.1 Å². The number of fused-ring (bicyclic) bond motifs is 2. The molecule has 0 aliphatic carbocycles. The smallest absolute Gasteiger partial charge is 0.434 e. The molecule has 144 valence electrons. The van der Waals surface area contributed by atoms with Crippen LogP contribution in [0.4, 0.5) is 21.0 Å². The second kappa shape index (κ2) is 7.22. The van der Waals surface area contributed by atoms with Crippen molar-refractivity contribution in [2.24, 2.45) is 0 Å². The summed E-state index contributed by atoms with van der Waals surface area (Å²) in [6, 6.07) is 13.0. The zero-order valence-electron chi connectivity index (χ0n) is 15.7. The molecule has 8 nitrogen and oxygen atoms in total. The summed E-state index contributed by atoms with van der Waals surface area (Å²) in [6.07, 6.45) is 1.78. The Morgan fingerprint density at radius 2 is 2.00 bits per heavy atom. The van der Waals surface area contributed by atoms with Crippen molar-refractivity contribution in [3.05, 3.63) is 54.2 Å². The molecule has 2 heterocycles. The Labute approximate surface area is 162 Å². The number of methoxy groups -OCH3 is 1. The quantitative estimate of drug-likeness (QED) is 0.713. The Balaban J connectivity index is 1.54. The van der Waals surface area contributed by atoms with E-state index < -0.39 is 6.09 Å². The minimum absolute atomic E-state index is 0.0654. The lowest BCUT2D eigenvalue weighted by Crippen LogP contribution is -2.38. The van der Waals surface area contributed by atoms with Crippen LogP contribution in [0.2, 0.25) is 0 Å². The first-order valence-electron chi connectivity index (χ1n) is 9.01. The number of para-hydroxylation sites is 1. The molecule has 2 N–H and O–H groups in total. The van der Waals surface area contributed by atoms with E-state index in [9.17, 15) is 9.59 Å². The summed E-state index contributed by atoms with van der Waals surface area (Å²) in [7, 11) is 3.35. The van der Waals surface area contributed by atoms with Crippen molar-refractivity contribution in [3.63, 3.8) is 0 Å². The number of nitrogens with one attached hydrogen (secondary N) is 2. The van der Waals surface area contributed by atoms with Gasteiger partial charge in [-0.1, -0.05) is 24.3 Å². The zero-order valence-corrected chi connectivity index (χ0v) is 15.7. The van der Waals surface area contributed by atoms with Crippen LogP contribution >= 0.6 is 0 Å². The third-order valence-corrected chi connectivity index (χ3v) is 4.99. The van der Waals surface area contributed by atoms with E-state index in [2.05, 4.69) is 33.7 Å². The van der Waals surface area contributed by atoms with Gasteiger partial charge in [0.15, 0.2) is 0 Å². The first-order chi connectivity index (χ1) is 13.6. The lowest BCUT2D eigenvalue weighted by Gasteiger charge is -2.33. The fraction of sp³-hybridized carbons (Fsp3) is 0.250. The molecule has 0 spiro atoms. The topological polar surface area (TPSA) is 88.5 Å². The first kappa shape index (κ1) is 17.8. The number of ether oxygens (including phenoxy) is 1. The Bertz CT molecular complexity index is 1050. The molecule has 1 aliphatic heterocycles. The predicted molar refractivity (Wildman–Crippen MR) is 107 cm³/mol. The van der Waals surface area contributed by atoms with Gasteiger partial charge in [0.25, 0.3) is 0 Å². The van der Waals surface area contributed by atoms with E-state index >= 15 is 0 Å². The van der Waals surface area contributed by atoms with Gasteiger partial charge in [0.1, 0.15) is 0 Å². The molecule has 0 fully saturated rings. The number of hydrogen-bond acceptors (Lipinski definition) is 5. The van der Waals surface area contributed by atoms with Crippen molar-refractivity contribution < 1.29 is 14.3 Å². The Hall–Kier alpha value is -3.55. The Morgan fingerprint density at radius 3 is 2.82 bits per heavy atom. The number of rotatable bonds is 2. The average molecular weight is 379 g/mol. The van der Waals surface area contributed by atoms with Gasteiger partial charge in [0.05, 0.1) is 30.6 Å². The second-order valence-corrected chi connectivity index (χ2v) is 6.68. The van der Waals surface area contributed by atoms with E-state index in [4.69, 9.17) is 4.74 Å². The number of aromatic nitrogens is 2. The maximum Gasteiger partial charge on any atom is 0.434 e. The summed E-state index contributed by atoms with van der Waals surface area (Å²) in [6.45, 7) is 0.865.